The molecule has 1 fully saturated rings. The van der Waals surface area contributed by atoms with Gasteiger partial charge in [0.1, 0.15) is 0 Å². The molecule has 38 heavy (non-hydrogen) atoms. The number of thiophene rings is 1. The van der Waals surface area contributed by atoms with Crippen molar-refractivity contribution in [1.82, 2.24) is 20.4 Å². The minimum Gasteiger partial charge on any atom is -0.493 e. The lowest BCUT2D eigenvalue weighted by molar-refractivity contribution is 0.0705. The number of hydrogen-bond donors (Lipinski definition) is 3. The molecule has 0 atom stereocenters. The number of nitrogens with one attached hydrogen (secondary N) is 2. The average Bonchev–Trinajstić information content (AvgIpc) is 3.41. The first-order valence-corrected chi connectivity index (χ1v) is 13.2. The van der Waals surface area contributed by atoms with Gasteiger partial charge in [-0.05, 0) is 49.9 Å². The first kappa shape index (κ1) is 25.7. The Morgan fingerprint density at radius 1 is 1.11 bits per heavy atom. The molecule has 1 aliphatic heterocycles. The first-order valence-electron chi connectivity index (χ1n) is 12.4. The third-order valence-corrected chi connectivity index (χ3v) is 7.81. The van der Waals surface area contributed by atoms with Crippen LogP contribution in [0.4, 0.5) is 11.6 Å². The van der Waals surface area contributed by atoms with Crippen LogP contribution >= 0.6 is 11.3 Å². The molecule has 1 aromatic carbocycles. The van der Waals surface area contributed by atoms with Gasteiger partial charge in [-0.3, -0.25) is 10.0 Å². The van der Waals surface area contributed by atoms with Crippen molar-refractivity contribution in [2.75, 3.05) is 44.1 Å². The van der Waals surface area contributed by atoms with E-state index in [2.05, 4.69) is 45.3 Å². The number of amides is 1. The third-order valence-electron chi connectivity index (χ3n) is 6.79. The van der Waals surface area contributed by atoms with Gasteiger partial charge in [-0.1, -0.05) is 0 Å². The molecule has 0 unspecified atom stereocenters. The molecule has 1 amide bonds. The zero-order valence-corrected chi connectivity index (χ0v) is 22.3. The summed E-state index contributed by atoms with van der Waals surface area (Å²) in [6.45, 7) is 4.56. The van der Waals surface area contributed by atoms with Crippen LogP contribution in [0.3, 0.4) is 0 Å². The largest absolute Gasteiger partial charge is 0.493 e. The van der Waals surface area contributed by atoms with Gasteiger partial charge in [-0.25, -0.2) is 20.4 Å². The number of benzene rings is 1. The molecule has 3 N–H and O–H groups in total. The number of piperidine rings is 1. The van der Waals surface area contributed by atoms with Gasteiger partial charge < -0.3 is 19.7 Å². The van der Waals surface area contributed by atoms with Crippen molar-refractivity contribution in [1.29, 1.82) is 0 Å². The van der Waals surface area contributed by atoms with Gasteiger partial charge in [-0.15, -0.1) is 11.3 Å². The summed E-state index contributed by atoms with van der Waals surface area (Å²) in [5.41, 5.74) is 4.60. The second-order valence-electron chi connectivity index (χ2n) is 9.21. The molecule has 1 saturated heterocycles. The maximum Gasteiger partial charge on any atom is 0.277 e. The van der Waals surface area contributed by atoms with Crippen LogP contribution in [0.15, 0.2) is 42.7 Å². The minimum absolute atomic E-state index is 0.214. The second kappa shape index (κ2) is 11.2. The normalized spacial score (nSPS) is 13.9. The Hall–Kier alpha value is -3.96. The van der Waals surface area contributed by atoms with Crippen LogP contribution in [-0.2, 0) is 0 Å². The number of methoxy groups -OCH3 is 2. The van der Waals surface area contributed by atoms with Crippen LogP contribution in [0.1, 0.15) is 28.1 Å². The van der Waals surface area contributed by atoms with E-state index in [-0.39, 0.29) is 5.56 Å². The van der Waals surface area contributed by atoms with Gasteiger partial charge >= 0.3 is 0 Å². The number of pyridine rings is 1. The molecule has 4 aromatic rings. The standard InChI is InChI=1S/C27H30N6O4S/c1-16-4-5-25(38-16)22-11-20(19-10-23(36-2)24(37-3)12-21(19)31-22)28-13-17-6-8-33(9-7-17)27-29-14-18(15-30-27)26(34)32-35/h4-5,10-12,14-15,17,35H,6-9,13H2,1-3H3,(H,28,31)(H,32,34). The number of fused-ring (bicyclic) bond motifs is 1. The van der Waals surface area contributed by atoms with E-state index in [1.165, 1.54) is 17.3 Å². The average molecular weight is 535 g/mol. The summed E-state index contributed by atoms with van der Waals surface area (Å²) in [6.07, 6.45) is 4.80. The Morgan fingerprint density at radius 3 is 2.45 bits per heavy atom. The molecular weight excluding hydrogens is 504 g/mol. The van der Waals surface area contributed by atoms with Crippen molar-refractivity contribution in [3.05, 3.63) is 53.2 Å². The maximum absolute atomic E-state index is 11.5. The van der Waals surface area contributed by atoms with Gasteiger partial charge in [0.2, 0.25) is 5.95 Å². The lowest BCUT2D eigenvalue weighted by Gasteiger charge is -2.32. The molecule has 0 radical (unpaired) electrons. The van der Waals surface area contributed by atoms with Crippen molar-refractivity contribution in [2.45, 2.75) is 19.8 Å². The number of nitrogens with zero attached hydrogens (tertiary/aromatic N) is 4. The SMILES string of the molecule is COc1cc2nc(-c3ccc(C)s3)cc(NCC3CCN(c4ncc(C(=O)NO)cn4)CC3)c2cc1OC. The van der Waals surface area contributed by atoms with E-state index < -0.39 is 5.91 Å². The lowest BCUT2D eigenvalue weighted by Crippen LogP contribution is -2.37. The van der Waals surface area contributed by atoms with Gasteiger partial charge in [0.15, 0.2) is 11.5 Å². The van der Waals surface area contributed by atoms with E-state index in [4.69, 9.17) is 19.7 Å². The summed E-state index contributed by atoms with van der Waals surface area (Å²) in [6, 6.07) is 10.2. The molecular formula is C27H30N6O4S. The number of ether oxygens (including phenoxy) is 2. The Bertz CT molecular complexity index is 1430. The van der Waals surface area contributed by atoms with Crippen LogP contribution in [0, 0.1) is 12.8 Å². The molecule has 4 heterocycles. The number of hydroxylamine groups is 1. The fourth-order valence-corrected chi connectivity index (χ4v) is 5.48. The van der Waals surface area contributed by atoms with Crippen LogP contribution in [-0.4, -0.2) is 59.9 Å². The highest BCUT2D eigenvalue weighted by Crippen LogP contribution is 2.38. The van der Waals surface area contributed by atoms with E-state index in [1.54, 1.807) is 31.0 Å². The van der Waals surface area contributed by atoms with Gasteiger partial charge in [0.05, 0.1) is 35.9 Å². The van der Waals surface area contributed by atoms with E-state index in [0.29, 0.717) is 23.4 Å². The monoisotopic (exact) mass is 534 g/mol. The summed E-state index contributed by atoms with van der Waals surface area (Å²) in [7, 11) is 3.27. The lowest BCUT2D eigenvalue weighted by atomic mass is 9.96. The minimum atomic E-state index is -0.626. The van der Waals surface area contributed by atoms with E-state index in [0.717, 1.165) is 59.6 Å². The quantitative estimate of drug-likeness (QED) is 0.221. The molecule has 10 nitrogen and oxygen atoms in total. The molecule has 3 aromatic heterocycles. The van der Waals surface area contributed by atoms with Crippen LogP contribution < -0.4 is 25.2 Å². The van der Waals surface area contributed by atoms with Crippen molar-refractivity contribution in [2.24, 2.45) is 5.92 Å². The highest BCUT2D eigenvalue weighted by molar-refractivity contribution is 7.15. The molecule has 0 bridgehead atoms. The Labute approximate surface area is 224 Å². The third kappa shape index (κ3) is 5.34. The highest BCUT2D eigenvalue weighted by Gasteiger charge is 2.22. The number of hydrogen-bond acceptors (Lipinski definition) is 10. The molecule has 1 aliphatic rings. The van der Waals surface area contributed by atoms with Gasteiger partial charge in [-0.2, -0.15) is 0 Å². The van der Waals surface area contributed by atoms with E-state index in [9.17, 15) is 4.79 Å². The topological polar surface area (TPSA) is 122 Å². The summed E-state index contributed by atoms with van der Waals surface area (Å²) >= 11 is 1.73. The van der Waals surface area contributed by atoms with Gasteiger partial charge in [0, 0.05) is 54.0 Å². The highest BCUT2D eigenvalue weighted by atomic mass is 32.1. The zero-order valence-electron chi connectivity index (χ0n) is 21.5. The van der Waals surface area contributed by atoms with Crippen LogP contribution in [0.2, 0.25) is 0 Å². The fourth-order valence-electron chi connectivity index (χ4n) is 4.66. The Balaban J connectivity index is 1.32. The molecule has 0 saturated carbocycles. The summed E-state index contributed by atoms with van der Waals surface area (Å²) in [5, 5.41) is 13.4. The molecule has 0 aliphatic carbocycles. The maximum atomic E-state index is 11.5. The molecule has 0 spiro atoms. The Kier molecular flexibility index (Phi) is 7.57. The first-order chi connectivity index (χ1) is 18.5. The number of aromatic nitrogens is 3. The number of rotatable bonds is 8. The summed E-state index contributed by atoms with van der Waals surface area (Å²) in [4.78, 5) is 29.5. The number of carbonyl (C=O) groups is 1. The Morgan fingerprint density at radius 2 is 1.82 bits per heavy atom. The summed E-state index contributed by atoms with van der Waals surface area (Å²) in [5.74, 6) is 1.75. The number of anilines is 2. The van der Waals surface area contributed by atoms with Gasteiger partial charge in [0.25, 0.3) is 5.91 Å². The number of carbonyl (C=O) groups excluding carboxylic acids is 1. The van der Waals surface area contributed by atoms with Crippen molar-refractivity contribution in [3.63, 3.8) is 0 Å². The van der Waals surface area contributed by atoms with Crippen LogP contribution in [0.25, 0.3) is 21.5 Å². The summed E-state index contributed by atoms with van der Waals surface area (Å²) < 4.78 is 11.1. The molecule has 5 rings (SSSR count). The molecule has 11 heteroatoms. The smallest absolute Gasteiger partial charge is 0.277 e. The molecule has 198 valence electrons. The predicted octanol–water partition coefficient (Wildman–Crippen LogP) is 4.53. The zero-order chi connectivity index (χ0) is 26.6. The van der Waals surface area contributed by atoms with E-state index >= 15 is 0 Å². The van der Waals surface area contributed by atoms with Crippen molar-refractivity contribution < 1.29 is 19.5 Å². The predicted molar refractivity (Wildman–Crippen MR) is 148 cm³/mol. The fraction of sp³-hybridized carbons (Fsp3) is 0.333. The van der Waals surface area contributed by atoms with Crippen LogP contribution in [0.5, 0.6) is 11.5 Å². The number of aryl methyl sites for hydroxylation is 1. The van der Waals surface area contributed by atoms with Crippen molar-refractivity contribution in [3.8, 4) is 22.1 Å². The van der Waals surface area contributed by atoms with Crippen molar-refractivity contribution >= 4 is 39.8 Å². The second-order valence-corrected chi connectivity index (χ2v) is 10.5. The van der Waals surface area contributed by atoms with E-state index in [1.807, 2.05) is 12.1 Å².